The highest BCUT2D eigenvalue weighted by molar-refractivity contribution is 5.85. The third-order valence-corrected chi connectivity index (χ3v) is 4.31. The molecule has 0 aromatic heterocycles. The lowest BCUT2D eigenvalue weighted by Crippen LogP contribution is -2.45. The molecule has 2 rings (SSSR count). The molecule has 2 saturated carbocycles. The van der Waals surface area contributed by atoms with Crippen LogP contribution in [0.2, 0.25) is 0 Å². The molecule has 5 heteroatoms. The lowest BCUT2D eigenvalue weighted by molar-refractivity contribution is -0.126. The number of amidine groups is 1. The van der Waals surface area contributed by atoms with Gasteiger partial charge < -0.3 is 16.3 Å². The summed E-state index contributed by atoms with van der Waals surface area (Å²) in [6.45, 7) is 0. The van der Waals surface area contributed by atoms with Gasteiger partial charge in [0, 0.05) is 17.9 Å². The number of rotatable bonds is 3. The van der Waals surface area contributed by atoms with E-state index in [1.807, 2.05) is 0 Å². The Kier molecular flexibility index (Phi) is 4.44. The van der Waals surface area contributed by atoms with Crippen molar-refractivity contribution in [1.29, 1.82) is 0 Å². The monoisotopic (exact) mass is 253 g/mol. The molecule has 2 unspecified atom stereocenters. The van der Waals surface area contributed by atoms with Gasteiger partial charge in [0.25, 0.3) is 0 Å². The minimum Gasteiger partial charge on any atom is -0.409 e. The highest BCUT2D eigenvalue weighted by Crippen LogP contribution is 2.28. The van der Waals surface area contributed by atoms with Crippen molar-refractivity contribution in [2.75, 3.05) is 0 Å². The number of carbonyl (C=O) groups excluding carboxylic acids is 1. The van der Waals surface area contributed by atoms with Gasteiger partial charge in [-0.3, -0.25) is 4.79 Å². The van der Waals surface area contributed by atoms with Gasteiger partial charge in [-0.05, 0) is 25.7 Å². The minimum atomic E-state index is 0.00235. The van der Waals surface area contributed by atoms with Crippen LogP contribution < -0.4 is 11.1 Å². The summed E-state index contributed by atoms with van der Waals surface area (Å²) in [5.41, 5.74) is 5.67. The van der Waals surface area contributed by atoms with E-state index >= 15 is 0 Å². The molecule has 2 atom stereocenters. The van der Waals surface area contributed by atoms with E-state index in [4.69, 9.17) is 10.9 Å². The van der Waals surface area contributed by atoms with Gasteiger partial charge >= 0.3 is 0 Å². The van der Waals surface area contributed by atoms with Gasteiger partial charge in [-0.25, -0.2) is 0 Å². The SMILES string of the molecule is N/C(=N/O)C1CCCC1NC(=O)C1CCCCC1. The van der Waals surface area contributed by atoms with Gasteiger partial charge in [0.1, 0.15) is 5.84 Å². The Morgan fingerprint density at radius 2 is 1.83 bits per heavy atom. The maximum absolute atomic E-state index is 12.2. The average Bonchev–Trinajstić information content (AvgIpc) is 2.87. The molecule has 2 aliphatic rings. The molecule has 0 bridgehead atoms. The van der Waals surface area contributed by atoms with Crippen LogP contribution in [0, 0.1) is 11.8 Å². The summed E-state index contributed by atoms with van der Waals surface area (Å²) in [6, 6.07) is 0.0512. The van der Waals surface area contributed by atoms with Crippen LogP contribution in [0.25, 0.3) is 0 Å². The summed E-state index contributed by atoms with van der Waals surface area (Å²) < 4.78 is 0. The Labute approximate surface area is 108 Å². The van der Waals surface area contributed by atoms with Crippen LogP contribution in [0.3, 0.4) is 0 Å². The van der Waals surface area contributed by atoms with Crippen molar-refractivity contribution < 1.29 is 10.0 Å². The molecule has 0 radical (unpaired) electrons. The smallest absolute Gasteiger partial charge is 0.223 e. The zero-order chi connectivity index (χ0) is 13.0. The molecular formula is C13H23N3O2. The molecular weight excluding hydrogens is 230 g/mol. The lowest BCUT2D eigenvalue weighted by atomic mass is 9.88. The number of oxime groups is 1. The Hall–Kier alpha value is -1.26. The van der Waals surface area contributed by atoms with Crippen molar-refractivity contribution in [3.8, 4) is 0 Å². The van der Waals surface area contributed by atoms with Crippen LogP contribution in [0.15, 0.2) is 5.16 Å². The number of nitrogens with one attached hydrogen (secondary N) is 1. The number of nitrogens with zero attached hydrogens (tertiary/aromatic N) is 1. The second-order valence-corrected chi connectivity index (χ2v) is 5.51. The first-order chi connectivity index (χ1) is 8.72. The highest BCUT2D eigenvalue weighted by atomic mass is 16.4. The number of hydrogen-bond acceptors (Lipinski definition) is 3. The van der Waals surface area contributed by atoms with Gasteiger partial charge in [0.15, 0.2) is 0 Å². The number of amides is 1. The fourth-order valence-electron chi connectivity index (χ4n) is 3.23. The molecule has 5 nitrogen and oxygen atoms in total. The average molecular weight is 253 g/mol. The summed E-state index contributed by atoms with van der Waals surface area (Å²) in [5.74, 6) is 0.591. The first-order valence-corrected chi connectivity index (χ1v) is 7.00. The minimum absolute atomic E-state index is 0.00235. The van der Waals surface area contributed by atoms with Crippen molar-refractivity contribution in [3.63, 3.8) is 0 Å². The van der Waals surface area contributed by atoms with E-state index in [1.54, 1.807) is 0 Å². The molecule has 0 spiro atoms. The Morgan fingerprint density at radius 1 is 1.11 bits per heavy atom. The van der Waals surface area contributed by atoms with E-state index in [0.717, 1.165) is 44.9 Å². The van der Waals surface area contributed by atoms with E-state index in [2.05, 4.69) is 10.5 Å². The quantitative estimate of drug-likeness (QED) is 0.309. The molecule has 2 aliphatic carbocycles. The Bertz CT molecular complexity index is 324. The van der Waals surface area contributed by atoms with Crippen molar-refractivity contribution in [2.45, 2.75) is 57.4 Å². The predicted octanol–water partition coefficient (Wildman–Crippen LogP) is 1.60. The topological polar surface area (TPSA) is 87.7 Å². The number of nitrogens with two attached hydrogens (primary N) is 1. The maximum atomic E-state index is 12.2. The molecule has 0 saturated heterocycles. The van der Waals surface area contributed by atoms with Gasteiger partial charge in [0.2, 0.25) is 5.91 Å². The largest absolute Gasteiger partial charge is 0.409 e. The zero-order valence-corrected chi connectivity index (χ0v) is 10.8. The van der Waals surface area contributed by atoms with Crippen molar-refractivity contribution in [1.82, 2.24) is 5.32 Å². The molecule has 18 heavy (non-hydrogen) atoms. The zero-order valence-electron chi connectivity index (χ0n) is 10.8. The molecule has 0 aliphatic heterocycles. The number of hydrogen-bond donors (Lipinski definition) is 3. The molecule has 0 heterocycles. The molecule has 4 N–H and O–H groups in total. The van der Waals surface area contributed by atoms with Crippen LogP contribution in [-0.2, 0) is 4.79 Å². The van der Waals surface area contributed by atoms with E-state index in [1.165, 1.54) is 6.42 Å². The fourth-order valence-corrected chi connectivity index (χ4v) is 3.23. The normalized spacial score (nSPS) is 30.3. The summed E-state index contributed by atoms with van der Waals surface area (Å²) >= 11 is 0. The number of carbonyl (C=O) groups is 1. The van der Waals surface area contributed by atoms with Gasteiger partial charge in [0.05, 0.1) is 0 Å². The summed E-state index contributed by atoms with van der Waals surface area (Å²) in [5, 5.41) is 14.9. The summed E-state index contributed by atoms with van der Waals surface area (Å²) in [4.78, 5) is 12.2. The van der Waals surface area contributed by atoms with E-state index in [9.17, 15) is 4.79 Å². The van der Waals surface area contributed by atoms with Crippen LogP contribution in [0.1, 0.15) is 51.4 Å². The van der Waals surface area contributed by atoms with E-state index in [-0.39, 0.29) is 29.6 Å². The van der Waals surface area contributed by atoms with Gasteiger partial charge in [-0.15, -0.1) is 0 Å². The van der Waals surface area contributed by atoms with E-state index < -0.39 is 0 Å². The van der Waals surface area contributed by atoms with Gasteiger partial charge in [-0.1, -0.05) is 30.8 Å². The van der Waals surface area contributed by atoms with Crippen LogP contribution >= 0.6 is 0 Å². The second-order valence-electron chi connectivity index (χ2n) is 5.51. The van der Waals surface area contributed by atoms with Crippen LogP contribution in [0.5, 0.6) is 0 Å². The Morgan fingerprint density at radius 3 is 2.50 bits per heavy atom. The molecule has 2 fully saturated rings. The second kappa shape index (κ2) is 6.07. The molecule has 102 valence electrons. The lowest BCUT2D eigenvalue weighted by Gasteiger charge is -2.25. The van der Waals surface area contributed by atoms with Crippen LogP contribution in [-0.4, -0.2) is 23.0 Å². The highest BCUT2D eigenvalue weighted by Gasteiger charge is 2.33. The fraction of sp³-hybridized carbons (Fsp3) is 0.846. The third kappa shape index (κ3) is 2.94. The van der Waals surface area contributed by atoms with Crippen molar-refractivity contribution in [2.24, 2.45) is 22.7 Å². The first kappa shape index (κ1) is 13.2. The summed E-state index contributed by atoms with van der Waals surface area (Å²) in [6.07, 6.45) is 8.43. The summed E-state index contributed by atoms with van der Waals surface area (Å²) in [7, 11) is 0. The standard InChI is InChI=1S/C13H23N3O2/c14-12(16-18)10-7-4-8-11(10)15-13(17)9-5-2-1-3-6-9/h9-11,18H,1-8H2,(H2,14,16)(H,15,17). The maximum Gasteiger partial charge on any atom is 0.223 e. The third-order valence-electron chi connectivity index (χ3n) is 4.31. The van der Waals surface area contributed by atoms with Crippen molar-refractivity contribution >= 4 is 11.7 Å². The van der Waals surface area contributed by atoms with Crippen LogP contribution in [0.4, 0.5) is 0 Å². The first-order valence-electron chi connectivity index (χ1n) is 7.00. The molecule has 0 aromatic carbocycles. The predicted molar refractivity (Wildman–Crippen MR) is 69.3 cm³/mol. The molecule has 0 aromatic rings. The van der Waals surface area contributed by atoms with Gasteiger partial charge in [-0.2, -0.15) is 0 Å². The Balaban J connectivity index is 1.89. The molecule has 1 amide bonds. The van der Waals surface area contributed by atoms with Crippen molar-refractivity contribution in [3.05, 3.63) is 0 Å². The van der Waals surface area contributed by atoms with E-state index in [0.29, 0.717) is 0 Å².